The van der Waals surface area contributed by atoms with Gasteiger partial charge in [-0.15, -0.1) is 0 Å². The van der Waals surface area contributed by atoms with E-state index in [4.69, 9.17) is 4.74 Å². The van der Waals surface area contributed by atoms with E-state index in [0.717, 1.165) is 50.4 Å². The monoisotopic (exact) mass is 385 g/mol. The van der Waals surface area contributed by atoms with Gasteiger partial charge in [0.05, 0.1) is 17.9 Å². The largest absolute Gasteiger partial charge is 0.469 e. The number of nitrogens with one attached hydrogen (secondary N) is 1. The lowest BCUT2D eigenvalue weighted by molar-refractivity contribution is -0.239. The molecule has 154 valence electrons. The lowest BCUT2D eigenvalue weighted by Crippen LogP contribution is -2.67. The van der Waals surface area contributed by atoms with Crippen molar-refractivity contribution in [3.8, 4) is 0 Å². The first-order valence-corrected chi connectivity index (χ1v) is 11.7. The number of methoxy groups -OCH3 is 1. The molecule has 8 aliphatic carbocycles. The van der Waals surface area contributed by atoms with Crippen LogP contribution in [0, 0.1) is 45.3 Å². The number of amides is 1. The van der Waals surface area contributed by atoms with Crippen molar-refractivity contribution in [1.29, 1.82) is 0 Å². The number of hydrogen-bond acceptors (Lipinski definition) is 3. The maximum Gasteiger partial charge on any atom is 0.311 e. The third-order valence-corrected chi connectivity index (χ3v) is 10.6. The molecule has 4 nitrogen and oxygen atoms in total. The summed E-state index contributed by atoms with van der Waals surface area (Å²) >= 11 is 0. The van der Waals surface area contributed by atoms with Crippen LogP contribution in [0.5, 0.6) is 0 Å². The van der Waals surface area contributed by atoms with Gasteiger partial charge in [-0.05, 0) is 112 Å². The Morgan fingerprint density at radius 3 is 1.61 bits per heavy atom. The van der Waals surface area contributed by atoms with E-state index in [-0.39, 0.29) is 22.2 Å². The van der Waals surface area contributed by atoms with E-state index in [1.165, 1.54) is 38.5 Å². The van der Waals surface area contributed by atoms with Gasteiger partial charge in [-0.2, -0.15) is 0 Å². The average molecular weight is 386 g/mol. The summed E-state index contributed by atoms with van der Waals surface area (Å²) in [6.07, 6.45) is 14.4. The molecule has 0 aromatic carbocycles. The topological polar surface area (TPSA) is 55.4 Å². The third kappa shape index (κ3) is 2.03. The average Bonchev–Trinajstić information content (AvgIpc) is 2.64. The van der Waals surface area contributed by atoms with E-state index in [0.29, 0.717) is 23.2 Å². The van der Waals surface area contributed by atoms with Crippen LogP contribution in [0.3, 0.4) is 0 Å². The molecular formula is C24H35NO3. The van der Waals surface area contributed by atoms with Crippen molar-refractivity contribution in [2.24, 2.45) is 45.3 Å². The summed E-state index contributed by atoms with van der Waals surface area (Å²) in [6, 6.07) is 0. The summed E-state index contributed by atoms with van der Waals surface area (Å²) in [7, 11) is 3.41. The first kappa shape index (κ1) is 17.8. The highest BCUT2D eigenvalue weighted by atomic mass is 16.5. The molecule has 0 radical (unpaired) electrons. The van der Waals surface area contributed by atoms with Crippen molar-refractivity contribution in [2.45, 2.75) is 77.0 Å². The lowest BCUT2D eigenvalue weighted by atomic mass is 9.31. The summed E-state index contributed by atoms with van der Waals surface area (Å²) in [5, 5.41) is 3.03. The quantitative estimate of drug-likeness (QED) is 0.745. The van der Waals surface area contributed by atoms with E-state index in [1.807, 2.05) is 7.05 Å². The SMILES string of the molecule is CNC(=O)C12CC3CC(C1)CC(C14CC5CC(CC(C(=O)OC)(C5)C1)C4)(C3)C2. The fourth-order valence-corrected chi connectivity index (χ4v) is 10.8. The van der Waals surface area contributed by atoms with Crippen molar-refractivity contribution < 1.29 is 14.3 Å². The Morgan fingerprint density at radius 2 is 1.18 bits per heavy atom. The zero-order valence-electron chi connectivity index (χ0n) is 17.5. The summed E-state index contributed by atoms with van der Waals surface area (Å²) in [5.41, 5.74) is 0.228. The molecule has 0 spiro atoms. The zero-order valence-corrected chi connectivity index (χ0v) is 17.5. The highest BCUT2D eigenvalue weighted by Crippen LogP contribution is 2.78. The molecule has 8 fully saturated rings. The molecule has 8 rings (SSSR count). The molecule has 4 heteroatoms. The third-order valence-electron chi connectivity index (χ3n) is 10.6. The van der Waals surface area contributed by atoms with Gasteiger partial charge >= 0.3 is 5.97 Å². The number of hydrogen-bond donors (Lipinski definition) is 1. The van der Waals surface area contributed by atoms with Crippen LogP contribution < -0.4 is 5.32 Å². The Balaban J connectivity index is 1.44. The molecular weight excluding hydrogens is 350 g/mol. The molecule has 0 aromatic heterocycles. The van der Waals surface area contributed by atoms with Crippen molar-refractivity contribution in [2.75, 3.05) is 14.2 Å². The molecule has 1 N–H and O–H groups in total. The van der Waals surface area contributed by atoms with Crippen LogP contribution in [0.4, 0.5) is 0 Å². The van der Waals surface area contributed by atoms with E-state index in [9.17, 15) is 9.59 Å². The number of ether oxygens (including phenoxy) is 1. The molecule has 8 aliphatic rings. The molecule has 28 heavy (non-hydrogen) atoms. The van der Waals surface area contributed by atoms with Crippen molar-refractivity contribution in [3.05, 3.63) is 0 Å². The van der Waals surface area contributed by atoms with Crippen molar-refractivity contribution in [3.63, 3.8) is 0 Å². The molecule has 0 aromatic rings. The van der Waals surface area contributed by atoms with Gasteiger partial charge in [-0.25, -0.2) is 0 Å². The van der Waals surface area contributed by atoms with Gasteiger partial charge < -0.3 is 10.1 Å². The van der Waals surface area contributed by atoms with Gasteiger partial charge in [0.25, 0.3) is 0 Å². The smallest absolute Gasteiger partial charge is 0.311 e. The van der Waals surface area contributed by atoms with Gasteiger partial charge in [0.15, 0.2) is 0 Å². The maximum absolute atomic E-state index is 13.1. The second-order valence-corrected chi connectivity index (χ2v) is 12.1. The van der Waals surface area contributed by atoms with E-state index < -0.39 is 0 Å². The Hall–Kier alpha value is -1.06. The van der Waals surface area contributed by atoms with Crippen LogP contribution >= 0.6 is 0 Å². The van der Waals surface area contributed by atoms with Gasteiger partial charge in [0, 0.05) is 7.05 Å². The second kappa shape index (κ2) is 5.35. The Morgan fingerprint density at radius 1 is 0.750 bits per heavy atom. The van der Waals surface area contributed by atoms with Crippen LogP contribution in [0.2, 0.25) is 0 Å². The molecule has 4 atom stereocenters. The molecule has 4 unspecified atom stereocenters. The van der Waals surface area contributed by atoms with E-state index >= 15 is 0 Å². The molecule has 8 bridgehead atoms. The summed E-state index contributed by atoms with van der Waals surface area (Å²) in [4.78, 5) is 26.0. The van der Waals surface area contributed by atoms with Crippen molar-refractivity contribution >= 4 is 11.9 Å². The molecule has 1 amide bonds. The minimum atomic E-state index is -0.220. The predicted molar refractivity (Wildman–Crippen MR) is 105 cm³/mol. The molecule has 0 aliphatic heterocycles. The number of carbonyl (C=O) groups excluding carboxylic acids is 2. The summed E-state index contributed by atoms with van der Waals surface area (Å²) < 4.78 is 5.37. The van der Waals surface area contributed by atoms with E-state index in [2.05, 4.69) is 5.32 Å². The van der Waals surface area contributed by atoms with Crippen LogP contribution in [0.15, 0.2) is 0 Å². The zero-order chi connectivity index (χ0) is 19.4. The van der Waals surface area contributed by atoms with Gasteiger partial charge in [0.1, 0.15) is 0 Å². The number of esters is 1. The predicted octanol–water partition coefficient (Wildman–Crippen LogP) is 4.08. The molecule has 0 saturated heterocycles. The first-order valence-electron chi connectivity index (χ1n) is 11.7. The maximum atomic E-state index is 13.1. The first-order chi connectivity index (χ1) is 13.4. The second-order valence-electron chi connectivity index (χ2n) is 12.1. The fourth-order valence-electron chi connectivity index (χ4n) is 10.8. The molecule has 8 saturated carbocycles. The Bertz CT molecular complexity index is 652. The standard InChI is InChI=1S/C24H35NO3/c1-25-19(26)21-5-15-3-16(6-21)10-23(9-15,13-21)24-11-17-4-18(12-24)8-22(7-17,14-24)20(27)28-2/h15-18H,3-14H2,1-2H3,(H,25,26). The highest BCUT2D eigenvalue weighted by Gasteiger charge is 2.71. The highest BCUT2D eigenvalue weighted by molar-refractivity contribution is 5.83. The normalized spacial score (nSPS) is 55.4. The van der Waals surface area contributed by atoms with E-state index in [1.54, 1.807) is 7.11 Å². The minimum absolute atomic E-state index is 0.0664. The number of rotatable bonds is 3. The summed E-state index contributed by atoms with van der Waals surface area (Å²) in [5.74, 6) is 3.21. The summed E-state index contributed by atoms with van der Waals surface area (Å²) in [6.45, 7) is 0. The minimum Gasteiger partial charge on any atom is -0.469 e. The molecule has 0 heterocycles. The van der Waals surface area contributed by atoms with Crippen LogP contribution in [-0.4, -0.2) is 26.0 Å². The van der Waals surface area contributed by atoms with Crippen LogP contribution in [0.25, 0.3) is 0 Å². The lowest BCUT2D eigenvalue weighted by Gasteiger charge is -2.73. The Kier molecular flexibility index (Phi) is 3.39. The van der Waals surface area contributed by atoms with Gasteiger partial charge in [-0.3, -0.25) is 9.59 Å². The van der Waals surface area contributed by atoms with Crippen LogP contribution in [-0.2, 0) is 14.3 Å². The fraction of sp³-hybridized carbons (Fsp3) is 0.917. The van der Waals surface area contributed by atoms with Gasteiger partial charge in [0.2, 0.25) is 5.91 Å². The Labute approximate surface area is 168 Å². The van der Waals surface area contributed by atoms with Crippen molar-refractivity contribution in [1.82, 2.24) is 5.32 Å². The van der Waals surface area contributed by atoms with Gasteiger partial charge in [-0.1, -0.05) is 0 Å². The number of carbonyl (C=O) groups is 2. The van der Waals surface area contributed by atoms with Crippen LogP contribution in [0.1, 0.15) is 77.0 Å².